The second kappa shape index (κ2) is 9.43. The number of ether oxygens (including phenoxy) is 2. The molecule has 0 aliphatic carbocycles. The molecule has 0 fully saturated rings. The van der Waals surface area contributed by atoms with Crippen molar-refractivity contribution < 1.29 is 37.3 Å². The molecule has 1 aromatic heterocycles. The Bertz CT molecular complexity index is 1260. The van der Waals surface area contributed by atoms with Crippen LogP contribution in [0.4, 0.5) is 30.2 Å². The maximum absolute atomic E-state index is 12.9. The number of amides is 1. The van der Waals surface area contributed by atoms with Crippen LogP contribution in [0.15, 0.2) is 48.7 Å². The number of benzene rings is 2. The minimum absolute atomic E-state index is 0.102. The summed E-state index contributed by atoms with van der Waals surface area (Å²) in [5.74, 6) is -1.51. The van der Waals surface area contributed by atoms with Crippen molar-refractivity contribution in [3.8, 4) is 17.4 Å². The van der Waals surface area contributed by atoms with Crippen LogP contribution in [0.3, 0.4) is 0 Å². The lowest BCUT2D eigenvalue weighted by molar-refractivity contribution is -0.385. The summed E-state index contributed by atoms with van der Waals surface area (Å²) in [5.41, 5.74) is -2.05. The molecule has 0 spiro atoms. The van der Waals surface area contributed by atoms with Crippen molar-refractivity contribution in [3.05, 3.63) is 74.5 Å². The van der Waals surface area contributed by atoms with E-state index < -0.39 is 45.4 Å². The van der Waals surface area contributed by atoms with Gasteiger partial charge in [0, 0.05) is 12.1 Å². The first-order valence-electron chi connectivity index (χ1n) is 9.16. The molecule has 1 N–H and O–H groups in total. The summed E-state index contributed by atoms with van der Waals surface area (Å²) in [6, 6.07) is 7.02. The third kappa shape index (κ3) is 5.76. The molecule has 1 amide bonds. The van der Waals surface area contributed by atoms with E-state index in [1.807, 2.05) is 0 Å². The molecule has 178 valence electrons. The first-order valence-corrected chi connectivity index (χ1v) is 9.16. The van der Waals surface area contributed by atoms with Crippen LogP contribution in [0, 0.1) is 20.2 Å². The topological polar surface area (TPSA) is 152 Å². The number of nitrogens with one attached hydrogen (secondary N) is 1. The zero-order chi connectivity index (χ0) is 25.0. The molecule has 1 heterocycles. The average molecular weight is 481 g/mol. The van der Waals surface area contributed by atoms with Gasteiger partial charge < -0.3 is 14.8 Å². The van der Waals surface area contributed by atoms with Crippen molar-refractivity contribution in [2.75, 3.05) is 12.4 Å². The summed E-state index contributed by atoms with van der Waals surface area (Å²) in [5, 5.41) is 28.3. The van der Waals surface area contributed by atoms with Gasteiger partial charge in [-0.1, -0.05) is 6.07 Å². The number of anilines is 1. The number of aromatic nitrogens is 2. The normalized spacial score (nSPS) is 11.1. The average Bonchev–Trinajstić information content (AvgIpc) is 3.16. The van der Waals surface area contributed by atoms with Gasteiger partial charge in [0.1, 0.15) is 24.2 Å². The Morgan fingerprint density at radius 2 is 1.85 bits per heavy atom. The number of methoxy groups -OCH3 is 1. The van der Waals surface area contributed by atoms with E-state index >= 15 is 0 Å². The quantitative estimate of drug-likeness (QED) is 0.372. The highest BCUT2D eigenvalue weighted by atomic mass is 19.4. The Hall–Kier alpha value is -4.69. The Morgan fingerprint density at radius 3 is 2.44 bits per heavy atom. The first kappa shape index (κ1) is 24.0. The number of nitro groups is 2. The van der Waals surface area contributed by atoms with Crippen LogP contribution >= 0.6 is 0 Å². The van der Waals surface area contributed by atoms with Gasteiger partial charge in [-0.2, -0.15) is 13.2 Å². The van der Waals surface area contributed by atoms with E-state index in [0.29, 0.717) is 0 Å². The van der Waals surface area contributed by atoms with Gasteiger partial charge in [0.25, 0.3) is 5.69 Å². The summed E-state index contributed by atoms with van der Waals surface area (Å²) < 4.78 is 49.8. The van der Waals surface area contributed by atoms with Crippen LogP contribution in [0.2, 0.25) is 0 Å². The molecular weight excluding hydrogens is 467 g/mol. The van der Waals surface area contributed by atoms with Crippen LogP contribution < -0.4 is 14.8 Å². The Morgan fingerprint density at radius 1 is 1.12 bits per heavy atom. The molecule has 0 saturated carbocycles. The highest BCUT2D eigenvalue weighted by Crippen LogP contribution is 2.34. The van der Waals surface area contributed by atoms with Crippen LogP contribution in [-0.4, -0.2) is 32.6 Å². The number of carbonyl (C=O) groups excluding carboxylic acids is 1. The molecule has 0 atom stereocenters. The van der Waals surface area contributed by atoms with Gasteiger partial charge in [-0.15, -0.1) is 5.10 Å². The van der Waals surface area contributed by atoms with Crippen LogP contribution in [0.5, 0.6) is 17.4 Å². The minimum atomic E-state index is -4.62. The molecule has 0 saturated heterocycles. The lowest BCUT2D eigenvalue weighted by Gasteiger charge is -2.11. The number of halogens is 3. The highest BCUT2D eigenvalue weighted by molar-refractivity contribution is 5.91. The SMILES string of the molecule is COc1nn(CC(=O)Nc2cc(Oc3cccc(C(F)(F)F)c3)cc([N+](=O)[O-])c2)cc1[N+](=O)[O-]. The van der Waals surface area contributed by atoms with Gasteiger partial charge in [-0.3, -0.25) is 29.7 Å². The number of alkyl halides is 3. The molecule has 3 rings (SSSR count). The van der Waals surface area contributed by atoms with Crippen molar-refractivity contribution in [1.82, 2.24) is 9.78 Å². The zero-order valence-corrected chi connectivity index (χ0v) is 17.1. The maximum atomic E-state index is 12.9. The molecule has 3 aromatic rings. The lowest BCUT2D eigenvalue weighted by Crippen LogP contribution is -2.19. The van der Waals surface area contributed by atoms with Crippen molar-refractivity contribution in [3.63, 3.8) is 0 Å². The second-order valence-electron chi connectivity index (χ2n) is 6.63. The van der Waals surface area contributed by atoms with E-state index in [9.17, 15) is 38.2 Å². The predicted molar refractivity (Wildman–Crippen MR) is 109 cm³/mol. The molecule has 0 bridgehead atoms. The van der Waals surface area contributed by atoms with Gasteiger partial charge in [0.05, 0.1) is 34.3 Å². The molecule has 0 aliphatic rings. The van der Waals surface area contributed by atoms with Crippen molar-refractivity contribution in [2.24, 2.45) is 0 Å². The highest BCUT2D eigenvalue weighted by Gasteiger charge is 2.30. The summed E-state index contributed by atoms with van der Waals surface area (Å²) in [6.45, 7) is -0.503. The predicted octanol–water partition coefficient (Wildman–Crippen LogP) is 4.16. The molecule has 34 heavy (non-hydrogen) atoms. The lowest BCUT2D eigenvalue weighted by atomic mass is 10.2. The number of nitro benzene ring substituents is 1. The fraction of sp³-hybridized carbons (Fsp3) is 0.158. The van der Waals surface area contributed by atoms with Gasteiger partial charge in [-0.25, -0.2) is 0 Å². The van der Waals surface area contributed by atoms with Crippen LogP contribution in [0.25, 0.3) is 0 Å². The second-order valence-corrected chi connectivity index (χ2v) is 6.63. The Balaban J connectivity index is 1.82. The number of rotatable bonds is 8. The fourth-order valence-corrected chi connectivity index (χ4v) is 2.78. The smallest absolute Gasteiger partial charge is 0.416 e. The van der Waals surface area contributed by atoms with Crippen molar-refractivity contribution in [1.29, 1.82) is 0 Å². The number of hydrogen-bond donors (Lipinski definition) is 1. The fourth-order valence-electron chi connectivity index (χ4n) is 2.78. The van der Waals surface area contributed by atoms with E-state index in [4.69, 9.17) is 9.47 Å². The standard InChI is InChI=1S/C19H14F3N5O7/c1-33-18-16(27(31)32)9-25(24-18)10-17(28)23-12-6-13(26(29)30)8-15(7-12)34-14-4-2-3-11(5-14)19(20,21)22/h2-9H,10H2,1H3,(H,23,28). The summed E-state index contributed by atoms with van der Waals surface area (Å²) in [4.78, 5) is 33.0. The van der Waals surface area contributed by atoms with Crippen LogP contribution in [-0.2, 0) is 17.5 Å². The third-order valence-electron chi connectivity index (χ3n) is 4.19. The number of non-ortho nitro benzene ring substituents is 1. The summed E-state index contributed by atoms with van der Waals surface area (Å²) in [7, 11) is 1.16. The number of nitrogens with zero attached hydrogens (tertiary/aromatic N) is 4. The van der Waals surface area contributed by atoms with E-state index in [2.05, 4.69) is 10.4 Å². The van der Waals surface area contributed by atoms with Gasteiger partial charge in [-0.05, 0) is 18.2 Å². The summed E-state index contributed by atoms with van der Waals surface area (Å²) >= 11 is 0. The Labute approximate surface area is 187 Å². The monoisotopic (exact) mass is 481 g/mol. The van der Waals surface area contributed by atoms with E-state index in [-0.39, 0.29) is 23.1 Å². The Kier molecular flexibility index (Phi) is 6.65. The van der Waals surface area contributed by atoms with Crippen molar-refractivity contribution >= 4 is 23.0 Å². The molecule has 0 aliphatic heterocycles. The first-order chi connectivity index (χ1) is 16.0. The molecule has 15 heteroatoms. The molecular formula is C19H14F3N5O7. The van der Waals surface area contributed by atoms with Gasteiger partial charge >= 0.3 is 17.7 Å². The molecule has 0 unspecified atom stereocenters. The van der Waals surface area contributed by atoms with E-state index in [1.165, 1.54) is 6.07 Å². The zero-order valence-electron chi connectivity index (χ0n) is 17.1. The number of carbonyl (C=O) groups is 1. The summed E-state index contributed by atoms with van der Waals surface area (Å²) in [6.07, 6.45) is -3.65. The van der Waals surface area contributed by atoms with Crippen molar-refractivity contribution in [2.45, 2.75) is 12.7 Å². The third-order valence-corrected chi connectivity index (χ3v) is 4.19. The minimum Gasteiger partial charge on any atom is -0.475 e. The van der Waals surface area contributed by atoms with E-state index in [0.717, 1.165) is 54.4 Å². The van der Waals surface area contributed by atoms with Gasteiger partial charge in [0.2, 0.25) is 5.91 Å². The van der Waals surface area contributed by atoms with E-state index in [1.54, 1.807) is 0 Å². The van der Waals surface area contributed by atoms with Gasteiger partial charge in [0.15, 0.2) is 0 Å². The largest absolute Gasteiger partial charge is 0.475 e. The molecule has 2 aromatic carbocycles. The number of hydrogen-bond acceptors (Lipinski definition) is 8. The van der Waals surface area contributed by atoms with Crippen LogP contribution in [0.1, 0.15) is 5.56 Å². The maximum Gasteiger partial charge on any atom is 0.416 e. The molecule has 12 nitrogen and oxygen atoms in total. The molecule has 0 radical (unpaired) electrons.